The molecule has 0 spiro atoms. The Morgan fingerprint density at radius 3 is 2.75 bits per heavy atom. The van der Waals surface area contributed by atoms with Gasteiger partial charge < -0.3 is 9.64 Å². The highest BCUT2D eigenvalue weighted by atomic mass is 35.5. The molecule has 0 aliphatic carbocycles. The Morgan fingerprint density at radius 1 is 1.30 bits per heavy atom. The maximum absolute atomic E-state index is 6.00. The van der Waals surface area contributed by atoms with Crippen LogP contribution >= 0.6 is 22.9 Å². The van der Waals surface area contributed by atoms with Gasteiger partial charge >= 0.3 is 0 Å². The van der Waals surface area contributed by atoms with Crippen LogP contribution in [-0.4, -0.2) is 40.8 Å². The van der Waals surface area contributed by atoms with Crippen LogP contribution in [0.1, 0.15) is 25.8 Å². The van der Waals surface area contributed by atoms with Crippen molar-refractivity contribution in [3.8, 4) is 0 Å². The molecule has 7 heteroatoms. The average molecular weight is 315 g/mol. The summed E-state index contributed by atoms with van der Waals surface area (Å²) in [6.07, 6.45) is 0. The van der Waals surface area contributed by atoms with Crippen molar-refractivity contribution in [3.05, 3.63) is 10.3 Å². The molecule has 0 radical (unpaired) electrons. The minimum Gasteiger partial charge on any atom is -0.377 e. The van der Waals surface area contributed by atoms with Gasteiger partial charge in [-0.05, 0) is 25.4 Å². The third-order valence-corrected chi connectivity index (χ3v) is 3.99. The van der Waals surface area contributed by atoms with E-state index in [1.807, 2.05) is 20.8 Å². The molecule has 1 fully saturated rings. The summed E-state index contributed by atoms with van der Waals surface area (Å²) in [7, 11) is 0. The number of ether oxygens (including phenoxy) is 1. The van der Waals surface area contributed by atoms with Gasteiger partial charge in [0.05, 0.1) is 24.3 Å². The minimum absolute atomic E-state index is 0.273. The molecular formula is C13H19ClN4OS. The summed E-state index contributed by atoms with van der Waals surface area (Å²) in [5.41, 5.74) is 0.843. The lowest BCUT2D eigenvalue weighted by molar-refractivity contribution is 0.0986. The molecule has 1 aliphatic heterocycles. The number of aromatic nitrogens is 3. The second kappa shape index (κ2) is 6.65. The van der Waals surface area contributed by atoms with Crippen LogP contribution in [-0.2, 0) is 4.74 Å². The van der Waals surface area contributed by atoms with Crippen LogP contribution in [0, 0.1) is 6.92 Å². The highest BCUT2D eigenvalue weighted by Gasteiger charge is 2.24. The van der Waals surface area contributed by atoms with E-state index >= 15 is 0 Å². The first-order valence-corrected chi connectivity index (χ1v) is 7.99. The molecule has 110 valence electrons. The molecule has 1 atom stereocenters. The number of hydrogen-bond donors (Lipinski definition) is 0. The number of aryl methyl sites for hydroxylation is 1. The highest BCUT2D eigenvalue weighted by molar-refractivity contribution is 7.18. The van der Waals surface area contributed by atoms with Crippen molar-refractivity contribution in [1.82, 2.24) is 15.0 Å². The van der Waals surface area contributed by atoms with E-state index in [4.69, 9.17) is 16.3 Å². The molecule has 1 saturated heterocycles. The molecule has 3 heterocycles. The number of hydrogen-bond acceptors (Lipinski definition) is 6. The Morgan fingerprint density at radius 2 is 2.05 bits per heavy atom. The Balaban J connectivity index is 0.000000704. The van der Waals surface area contributed by atoms with Gasteiger partial charge in [-0.3, -0.25) is 0 Å². The second-order valence-corrected chi connectivity index (χ2v) is 5.84. The first kappa shape index (κ1) is 15.4. The quantitative estimate of drug-likeness (QED) is 0.756. The van der Waals surface area contributed by atoms with Crippen molar-refractivity contribution >= 4 is 39.1 Å². The third-order valence-electron chi connectivity index (χ3n) is 2.96. The van der Waals surface area contributed by atoms with Crippen LogP contribution in [0.5, 0.6) is 0 Å². The number of nitrogens with zero attached hydrogens (tertiary/aromatic N) is 4. The zero-order valence-corrected chi connectivity index (χ0v) is 13.8. The zero-order valence-electron chi connectivity index (χ0n) is 12.2. The molecular weight excluding hydrogens is 296 g/mol. The molecule has 0 N–H and O–H groups in total. The summed E-state index contributed by atoms with van der Waals surface area (Å²) in [6.45, 7) is 10.3. The van der Waals surface area contributed by atoms with E-state index in [0.29, 0.717) is 13.2 Å². The molecule has 0 aromatic carbocycles. The lowest BCUT2D eigenvalue weighted by Gasteiger charge is -2.34. The summed E-state index contributed by atoms with van der Waals surface area (Å²) in [6, 6.07) is 0.273. The Bertz CT molecular complexity index is 589. The summed E-state index contributed by atoms with van der Waals surface area (Å²) in [5.74, 6) is 0.824. The largest absolute Gasteiger partial charge is 0.377 e. The maximum Gasteiger partial charge on any atom is 0.225 e. The van der Waals surface area contributed by atoms with Crippen molar-refractivity contribution < 1.29 is 4.74 Å². The van der Waals surface area contributed by atoms with E-state index < -0.39 is 0 Å². The van der Waals surface area contributed by atoms with Gasteiger partial charge in [0.1, 0.15) is 5.52 Å². The lowest BCUT2D eigenvalue weighted by Crippen LogP contribution is -2.44. The van der Waals surface area contributed by atoms with Gasteiger partial charge in [-0.2, -0.15) is 4.98 Å². The van der Waals surface area contributed by atoms with E-state index in [2.05, 4.69) is 26.8 Å². The molecule has 1 unspecified atom stereocenters. The third kappa shape index (κ3) is 3.02. The SMILES string of the molecule is CC.Cc1nc2c(N3CCOCC3C)nc(Cl)nc2s1. The smallest absolute Gasteiger partial charge is 0.225 e. The number of rotatable bonds is 1. The van der Waals surface area contributed by atoms with Crippen LogP contribution in [0.3, 0.4) is 0 Å². The van der Waals surface area contributed by atoms with Gasteiger partial charge in [-0.15, -0.1) is 0 Å². The predicted molar refractivity (Wildman–Crippen MR) is 83.9 cm³/mol. The molecule has 0 bridgehead atoms. The molecule has 1 aliphatic rings. The molecule has 5 nitrogen and oxygen atoms in total. The Kier molecular flexibility index (Phi) is 5.12. The topological polar surface area (TPSA) is 51.1 Å². The van der Waals surface area contributed by atoms with E-state index in [1.165, 1.54) is 0 Å². The molecule has 0 amide bonds. The number of thiazole rings is 1. The number of halogens is 1. The van der Waals surface area contributed by atoms with Crippen LogP contribution in [0.25, 0.3) is 10.3 Å². The molecule has 3 rings (SSSR count). The normalized spacial score (nSPS) is 18.9. The average Bonchev–Trinajstić information content (AvgIpc) is 2.81. The summed E-state index contributed by atoms with van der Waals surface area (Å²) >= 11 is 7.54. The maximum atomic E-state index is 6.00. The van der Waals surface area contributed by atoms with Gasteiger partial charge in [0.25, 0.3) is 0 Å². The van der Waals surface area contributed by atoms with E-state index in [0.717, 1.165) is 27.7 Å². The van der Waals surface area contributed by atoms with Gasteiger partial charge in [0, 0.05) is 6.54 Å². The molecule has 2 aromatic heterocycles. The fraction of sp³-hybridized carbons (Fsp3) is 0.615. The van der Waals surface area contributed by atoms with Crippen molar-refractivity contribution in [2.75, 3.05) is 24.7 Å². The van der Waals surface area contributed by atoms with E-state index in [-0.39, 0.29) is 11.3 Å². The van der Waals surface area contributed by atoms with Gasteiger partial charge in [-0.1, -0.05) is 25.2 Å². The first-order valence-electron chi connectivity index (χ1n) is 6.80. The molecule has 20 heavy (non-hydrogen) atoms. The van der Waals surface area contributed by atoms with Crippen LogP contribution < -0.4 is 4.90 Å². The van der Waals surface area contributed by atoms with E-state index in [1.54, 1.807) is 11.3 Å². The number of fused-ring (bicyclic) bond motifs is 1. The van der Waals surface area contributed by atoms with Crippen molar-refractivity contribution in [3.63, 3.8) is 0 Å². The number of morpholine rings is 1. The number of anilines is 1. The standard InChI is InChI=1S/C11H13ClN4OS.C2H6/c1-6-5-17-4-3-16(6)9-8-10(15-11(12)14-9)18-7(2)13-8;1-2/h6H,3-5H2,1-2H3;1-2H3. The Labute approximate surface area is 128 Å². The first-order chi connectivity index (χ1) is 9.65. The highest BCUT2D eigenvalue weighted by Crippen LogP contribution is 2.30. The zero-order chi connectivity index (χ0) is 14.7. The van der Waals surface area contributed by atoms with Crippen LogP contribution in [0.4, 0.5) is 5.82 Å². The summed E-state index contributed by atoms with van der Waals surface area (Å²) in [4.78, 5) is 16.1. The van der Waals surface area contributed by atoms with Gasteiger partial charge in [-0.25, -0.2) is 9.97 Å². The van der Waals surface area contributed by atoms with Gasteiger partial charge in [0.15, 0.2) is 10.6 Å². The fourth-order valence-corrected chi connectivity index (χ4v) is 3.13. The molecule has 2 aromatic rings. The van der Waals surface area contributed by atoms with Crippen molar-refractivity contribution in [2.45, 2.75) is 33.7 Å². The summed E-state index contributed by atoms with van der Waals surface area (Å²) in [5, 5.41) is 1.25. The van der Waals surface area contributed by atoms with Crippen LogP contribution in [0.15, 0.2) is 0 Å². The van der Waals surface area contributed by atoms with E-state index in [9.17, 15) is 0 Å². The summed E-state index contributed by atoms with van der Waals surface area (Å²) < 4.78 is 5.45. The molecule has 0 saturated carbocycles. The monoisotopic (exact) mass is 314 g/mol. The van der Waals surface area contributed by atoms with Crippen molar-refractivity contribution in [2.24, 2.45) is 0 Å². The van der Waals surface area contributed by atoms with Crippen LogP contribution in [0.2, 0.25) is 5.28 Å². The lowest BCUT2D eigenvalue weighted by atomic mass is 10.2. The minimum atomic E-state index is 0.273. The predicted octanol–water partition coefficient (Wildman–Crippen LogP) is 3.30. The van der Waals surface area contributed by atoms with Gasteiger partial charge in [0.2, 0.25) is 5.28 Å². The fourth-order valence-electron chi connectivity index (χ4n) is 2.13. The Hall–Kier alpha value is -0.980. The van der Waals surface area contributed by atoms with Crippen molar-refractivity contribution in [1.29, 1.82) is 0 Å². The second-order valence-electron chi connectivity index (χ2n) is 4.32.